The van der Waals surface area contributed by atoms with E-state index in [1.807, 2.05) is 12.1 Å². The maximum absolute atomic E-state index is 12.2. The molecule has 6 heteroatoms. The summed E-state index contributed by atoms with van der Waals surface area (Å²) in [6.45, 7) is 6.05. The van der Waals surface area contributed by atoms with Crippen molar-refractivity contribution in [3.8, 4) is 6.07 Å². The monoisotopic (exact) mass is 349 g/mol. The van der Waals surface area contributed by atoms with Gasteiger partial charge in [0.15, 0.2) is 0 Å². The van der Waals surface area contributed by atoms with Crippen molar-refractivity contribution in [3.05, 3.63) is 29.8 Å². The molecule has 0 aromatic heterocycles. The first-order valence-corrected chi connectivity index (χ1v) is 9.95. The number of nitrogens with zero attached hydrogens (tertiary/aromatic N) is 1. The number of rotatable bonds is 5. The van der Waals surface area contributed by atoms with Gasteiger partial charge in [-0.1, -0.05) is 0 Å². The Bertz CT molecular complexity index is 676. The molecular formula is C18H27N3O2S. The van der Waals surface area contributed by atoms with Gasteiger partial charge in [0.2, 0.25) is 10.0 Å². The molecule has 0 bridgehead atoms. The summed E-state index contributed by atoms with van der Waals surface area (Å²) in [4.78, 5) is 0. The number of hydrogen-bond acceptors (Lipinski definition) is 4. The molecule has 24 heavy (non-hydrogen) atoms. The van der Waals surface area contributed by atoms with Crippen molar-refractivity contribution in [1.82, 2.24) is 4.72 Å². The van der Waals surface area contributed by atoms with E-state index in [9.17, 15) is 8.42 Å². The molecule has 0 aliphatic heterocycles. The zero-order chi connectivity index (χ0) is 17.8. The predicted octanol–water partition coefficient (Wildman–Crippen LogP) is 3.25. The molecule has 2 N–H and O–H groups in total. The lowest BCUT2D eigenvalue weighted by atomic mass is 9.86. The van der Waals surface area contributed by atoms with Crippen molar-refractivity contribution in [2.45, 2.75) is 57.2 Å². The van der Waals surface area contributed by atoms with Gasteiger partial charge in [-0.3, -0.25) is 0 Å². The Hall–Kier alpha value is -1.58. The third-order valence-electron chi connectivity index (χ3n) is 4.58. The van der Waals surface area contributed by atoms with Gasteiger partial charge in [0.05, 0.1) is 16.4 Å². The molecule has 1 aromatic rings. The Morgan fingerprint density at radius 2 is 1.71 bits per heavy atom. The van der Waals surface area contributed by atoms with Crippen LogP contribution in [0.25, 0.3) is 0 Å². The van der Waals surface area contributed by atoms with Crippen molar-refractivity contribution in [3.63, 3.8) is 0 Å². The van der Waals surface area contributed by atoms with Crippen LogP contribution in [0.15, 0.2) is 24.3 Å². The Kier molecular flexibility index (Phi) is 5.89. The SMILES string of the molecule is CC(C)(C)S(=O)(=O)NC1CCC(CNc2ccc(C#N)cc2)CC1. The molecule has 0 saturated heterocycles. The molecule has 0 atom stereocenters. The van der Waals surface area contributed by atoms with E-state index in [-0.39, 0.29) is 6.04 Å². The normalized spacial score (nSPS) is 21.9. The summed E-state index contributed by atoms with van der Waals surface area (Å²) in [5, 5.41) is 12.2. The van der Waals surface area contributed by atoms with Gasteiger partial charge in [-0.05, 0) is 76.6 Å². The molecule has 2 rings (SSSR count). The largest absolute Gasteiger partial charge is 0.385 e. The quantitative estimate of drug-likeness (QED) is 0.855. The molecule has 1 aliphatic rings. The Morgan fingerprint density at radius 1 is 1.12 bits per heavy atom. The van der Waals surface area contributed by atoms with E-state index in [1.165, 1.54) is 0 Å². The van der Waals surface area contributed by atoms with E-state index in [2.05, 4.69) is 16.1 Å². The minimum atomic E-state index is -3.27. The third kappa shape index (κ3) is 4.96. The van der Waals surface area contributed by atoms with E-state index in [1.54, 1.807) is 32.9 Å². The molecule has 5 nitrogen and oxygen atoms in total. The zero-order valence-electron chi connectivity index (χ0n) is 14.7. The highest BCUT2D eigenvalue weighted by atomic mass is 32.2. The third-order valence-corrected chi connectivity index (χ3v) is 6.84. The van der Waals surface area contributed by atoms with Crippen LogP contribution in [-0.4, -0.2) is 25.8 Å². The van der Waals surface area contributed by atoms with Gasteiger partial charge >= 0.3 is 0 Å². The van der Waals surface area contributed by atoms with E-state index in [4.69, 9.17) is 5.26 Å². The maximum atomic E-state index is 12.2. The zero-order valence-corrected chi connectivity index (χ0v) is 15.5. The summed E-state index contributed by atoms with van der Waals surface area (Å²) < 4.78 is 26.5. The first kappa shape index (κ1) is 18.8. The Balaban J connectivity index is 1.77. The molecule has 0 heterocycles. The van der Waals surface area contributed by atoms with Crippen molar-refractivity contribution < 1.29 is 8.42 Å². The highest BCUT2D eigenvalue weighted by Crippen LogP contribution is 2.26. The second-order valence-corrected chi connectivity index (χ2v) is 9.99. The number of hydrogen-bond donors (Lipinski definition) is 2. The second kappa shape index (κ2) is 7.54. The van der Waals surface area contributed by atoms with E-state index < -0.39 is 14.8 Å². The Morgan fingerprint density at radius 3 is 2.21 bits per heavy atom. The number of benzene rings is 1. The fourth-order valence-corrected chi connectivity index (χ4v) is 3.83. The van der Waals surface area contributed by atoms with Gasteiger partial charge in [-0.2, -0.15) is 5.26 Å². The van der Waals surface area contributed by atoms with Crippen LogP contribution in [0.4, 0.5) is 5.69 Å². The fourth-order valence-electron chi connectivity index (χ4n) is 2.81. The number of sulfonamides is 1. The minimum absolute atomic E-state index is 0.0559. The lowest BCUT2D eigenvalue weighted by Crippen LogP contribution is -2.46. The van der Waals surface area contributed by atoms with Gasteiger partial charge < -0.3 is 5.32 Å². The molecule has 0 amide bonds. The summed E-state index contributed by atoms with van der Waals surface area (Å²) in [6, 6.07) is 9.61. The molecule has 132 valence electrons. The van der Waals surface area contributed by atoms with Gasteiger partial charge in [0, 0.05) is 18.3 Å². The van der Waals surface area contributed by atoms with Crippen LogP contribution in [0.5, 0.6) is 0 Å². The molecule has 1 saturated carbocycles. The van der Waals surface area contributed by atoms with Gasteiger partial charge in [0.1, 0.15) is 0 Å². The van der Waals surface area contributed by atoms with Crippen LogP contribution >= 0.6 is 0 Å². The lowest BCUT2D eigenvalue weighted by Gasteiger charge is -2.31. The van der Waals surface area contributed by atoms with Crippen molar-refractivity contribution in [2.24, 2.45) is 5.92 Å². The van der Waals surface area contributed by atoms with Gasteiger partial charge in [-0.25, -0.2) is 13.1 Å². The van der Waals surface area contributed by atoms with Crippen molar-refractivity contribution in [1.29, 1.82) is 5.26 Å². The number of nitrogens with one attached hydrogen (secondary N) is 2. The second-order valence-electron chi connectivity index (χ2n) is 7.52. The number of nitriles is 1. The maximum Gasteiger partial charge on any atom is 0.216 e. The molecule has 1 aromatic carbocycles. The lowest BCUT2D eigenvalue weighted by molar-refractivity contribution is 0.322. The molecule has 0 spiro atoms. The fraction of sp³-hybridized carbons (Fsp3) is 0.611. The predicted molar refractivity (Wildman–Crippen MR) is 97.2 cm³/mol. The van der Waals surface area contributed by atoms with E-state index in [0.29, 0.717) is 11.5 Å². The van der Waals surface area contributed by atoms with Crippen LogP contribution < -0.4 is 10.0 Å². The highest BCUT2D eigenvalue weighted by molar-refractivity contribution is 7.90. The topological polar surface area (TPSA) is 82.0 Å². The van der Waals surface area contributed by atoms with Gasteiger partial charge in [0.25, 0.3) is 0 Å². The first-order valence-electron chi connectivity index (χ1n) is 8.47. The molecular weight excluding hydrogens is 322 g/mol. The summed E-state index contributed by atoms with van der Waals surface area (Å²) in [6.07, 6.45) is 3.80. The minimum Gasteiger partial charge on any atom is -0.385 e. The molecule has 0 unspecified atom stereocenters. The van der Waals surface area contributed by atoms with Crippen LogP contribution in [0, 0.1) is 17.2 Å². The van der Waals surface area contributed by atoms with Gasteiger partial charge in [-0.15, -0.1) is 0 Å². The molecule has 1 aliphatic carbocycles. The summed E-state index contributed by atoms with van der Waals surface area (Å²) in [7, 11) is -3.27. The Labute approximate surface area is 145 Å². The average Bonchev–Trinajstić information content (AvgIpc) is 2.53. The summed E-state index contributed by atoms with van der Waals surface area (Å²) in [5.41, 5.74) is 1.68. The van der Waals surface area contributed by atoms with Crippen LogP contribution in [0.2, 0.25) is 0 Å². The van der Waals surface area contributed by atoms with E-state index in [0.717, 1.165) is 37.9 Å². The van der Waals surface area contributed by atoms with Crippen LogP contribution in [-0.2, 0) is 10.0 Å². The average molecular weight is 350 g/mol. The number of anilines is 1. The molecule has 0 radical (unpaired) electrons. The summed E-state index contributed by atoms with van der Waals surface area (Å²) >= 11 is 0. The first-order chi connectivity index (χ1) is 11.2. The van der Waals surface area contributed by atoms with Crippen molar-refractivity contribution in [2.75, 3.05) is 11.9 Å². The molecule has 1 fully saturated rings. The summed E-state index contributed by atoms with van der Waals surface area (Å²) in [5.74, 6) is 0.552. The highest BCUT2D eigenvalue weighted by Gasteiger charge is 2.32. The standard InChI is InChI=1S/C18H27N3O2S/c1-18(2,3)24(22,23)21-17-10-6-15(7-11-17)13-20-16-8-4-14(12-19)5-9-16/h4-5,8-9,15,17,20-21H,6-7,10-11,13H2,1-3H3. The van der Waals surface area contributed by atoms with Crippen molar-refractivity contribution >= 4 is 15.7 Å². The van der Waals surface area contributed by atoms with E-state index >= 15 is 0 Å². The van der Waals surface area contributed by atoms with Crippen LogP contribution in [0.1, 0.15) is 52.0 Å². The van der Waals surface area contributed by atoms with Crippen LogP contribution in [0.3, 0.4) is 0 Å². The smallest absolute Gasteiger partial charge is 0.216 e.